The van der Waals surface area contributed by atoms with E-state index in [2.05, 4.69) is 5.32 Å². The summed E-state index contributed by atoms with van der Waals surface area (Å²) in [7, 11) is 0. The van der Waals surface area contributed by atoms with Crippen LogP contribution >= 0.6 is 0 Å². The van der Waals surface area contributed by atoms with Crippen LogP contribution in [0.15, 0.2) is 24.3 Å². The SMILES string of the molecule is O=C(CN1C(=O)CNc2ccccc21)OC1CCCC1. The molecule has 1 aromatic rings. The molecule has 0 unspecified atom stereocenters. The Morgan fingerprint density at radius 1 is 1.30 bits per heavy atom. The van der Waals surface area contributed by atoms with Gasteiger partial charge in [0.05, 0.1) is 17.9 Å². The largest absolute Gasteiger partial charge is 0.461 e. The quantitative estimate of drug-likeness (QED) is 0.856. The van der Waals surface area contributed by atoms with Crippen molar-refractivity contribution in [1.29, 1.82) is 0 Å². The van der Waals surface area contributed by atoms with Gasteiger partial charge in [-0.05, 0) is 37.8 Å². The molecule has 1 heterocycles. The van der Waals surface area contributed by atoms with Crippen LogP contribution in [0.2, 0.25) is 0 Å². The third-order valence-corrected chi connectivity index (χ3v) is 3.81. The van der Waals surface area contributed by atoms with E-state index in [4.69, 9.17) is 4.74 Å². The van der Waals surface area contributed by atoms with Gasteiger partial charge >= 0.3 is 5.97 Å². The summed E-state index contributed by atoms with van der Waals surface area (Å²) in [5, 5.41) is 3.05. The molecular weight excluding hydrogens is 256 g/mol. The third-order valence-electron chi connectivity index (χ3n) is 3.81. The zero-order valence-corrected chi connectivity index (χ0v) is 11.3. The van der Waals surface area contributed by atoms with E-state index in [9.17, 15) is 9.59 Å². The highest BCUT2D eigenvalue weighted by Crippen LogP contribution is 2.29. The molecule has 0 spiro atoms. The Morgan fingerprint density at radius 2 is 2.05 bits per heavy atom. The van der Waals surface area contributed by atoms with Gasteiger partial charge in [-0.15, -0.1) is 0 Å². The number of carbonyl (C=O) groups is 2. The van der Waals surface area contributed by atoms with Crippen LogP contribution < -0.4 is 10.2 Å². The fourth-order valence-corrected chi connectivity index (χ4v) is 2.79. The number of nitrogens with one attached hydrogen (secondary N) is 1. The van der Waals surface area contributed by atoms with E-state index in [1.165, 1.54) is 4.90 Å². The maximum absolute atomic E-state index is 12.0. The summed E-state index contributed by atoms with van der Waals surface area (Å²) >= 11 is 0. The summed E-state index contributed by atoms with van der Waals surface area (Å²) in [6.45, 7) is 0.210. The minimum atomic E-state index is -0.318. The van der Waals surface area contributed by atoms with Crippen LogP contribution in [0.1, 0.15) is 25.7 Å². The second kappa shape index (κ2) is 5.53. The Hall–Kier alpha value is -2.04. The number of rotatable bonds is 3. The summed E-state index contributed by atoms with van der Waals surface area (Å²) in [6.07, 6.45) is 4.16. The number of amides is 1. The topological polar surface area (TPSA) is 58.6 Å². The fraction of sp³-hybridized carbons (Fsp3) is 0.467. The van der Waals surface area contributed by atoms with Gasteiger partial charge in [0.15, 0.2) is 0 Å². The first-order chi connectivity index (χ1) is 9.74. The molecule has 1 saturated carbocycles. The zero-order valence-electron chi connectivity index (χ0n) is 11.3. The highest BCUT2D eigenvalue weighted by atomic mass is 16.5. The number of esters is 1. The van der Waals surface area contributed by atoms with Crippen LogP contribution in [-0.2, 0) is 14.3 Å². The molecule has 1 aromatic carbocycles. The Kier molecular flexibility index (Phi) is 3.58. The van der Waals surface area contributed by atoms with Gasteiger partial charge in [0, 0.05) is 0 Å². The summed E-state index contributed by atoms with van der Waals surface area (Å²) in [5.41, 5.74) is 1.62. The Balaban J connectivity index is 1.69. The van der Waals surface area contributed by atoms with E-state index in [0.29, 0.717) is 0 Å². The molecule has 1 amide bonds. The predicted octanol–water partition coefficient (Wildman–Crippen LogP) is 1.93. The minimum Gasteiger partial charge on any atom is -0.461 e. The third kappa shape index (κ3) is 2.61. The van der Waals surface area contributed by atoms with Crippen LogP contribution in [0, 0.1) is 0 Å². The van der Waals surface area contributed by atoms with Gasteiger partial charge in [-0.3, -0.25) is 14.5 Å². The van der Waals surface area contributed by atoms with Crippen molar-refractivity contribution in [3.05, 3.63) is 24.3 Å². The van der Waals surface area contributed by atoms with Crippen molar-refractivity contribution in [3.63, 3.8) is 0 Å². The number of benzene rings is 1. The molecule has 0 bridgehead atoms. The lowest BCUT2D eigenvalue weighted by atomic mass is 10.2. The molecule has 1 aliphatic heterocycles. The summed E-state index contributed by atoms with van der Waals surface area (Å²) in [4.78, 5) is 25.5. The van der Waals surface area contributed by atoms with Gasteiger partial charge in [0.1, 0.15) is 12.6 Å². The first-order valence-corrected chi connectivity index (χ1v) is 7.07. The van der Waals surface area contributed by atoms with Gasteiger partial charge in [-0.1, -0.05) is 12.1 Å². The van der Waals surface area contributed by atoms with E-state index < -0.39 is 0 Å². The van der Waals surface area contributed by atoms with Crippen LogP contribution in [0.5, 0.6) is 0 Å². The van der Waals surface area contributed by atoms with Gasteiger partial charge in [0.25, 0.3) is 0 Å². The molecule has 20 heavy (non-hydrogen) atoms. The molecule has 0 radical (unpaired) electrons. The van der Waals surface area contributed by atoms with E-state index in [1.54, 1.807) is 0 Å². The summed E-state index contributed by atoms with van der Waals surface area (Å²) in [6, 6.07) is 7.49. The molecule has 5 heteroatoms. The van der Waals surface area contributed by atoms with Crippen molar-refractivity contribution >= 4 is 23.3 Å². The molecule has 1 N–H and O–H groups in total. The van der Waals surface area contributed by atoms with Crippen molar-refractivity contribution in [2.24, 2.45) is 0 Å². The predicted molar refractivity (Wildman–Crippen MR) is 75.6 cm³/mol. The smallest absolute Gasteiger partial charge is 0.326 e. The normalized spacial score (nSPS) is 18.6. The van der Waals surface area contributed by atoms with Gasteiger partial charge in [0.2, 0.25) is 5.91 Å². The summed E-state index contributed by atoms with van der Waals surface area (Å²) in [5.74, 6) is -0.422. The average Bonchev–Trinajstić information content (AvgIpc) is 2.95. The monoisotopic (exact) mass is 274 g/mol. The zero-order chi connectivity index (χ0) is 13.9. The lowest BCUT2D eigenvalue weighted by Gasteiger charge is -2.29. The lowest BCUT2D eigenvalue weighted by molar-refractivity contribution is -0.147. The number of anilines is 2. The van der Waals surface area contributed by atoms with E-state index in [0.717, 1.165) is 37.1 Å². The van der Waals surface area contributed by atoms with Crippen molar-refractivity contribution in [2.75, 3.05) is 23.3 Å². The molecule has 0 saturated heterocycles. The Labute approximate surface area is 117 Å². The molecule has 5 nitrogen and oxygen atoms in total. The average molecular weight is 274 g/mol. The minimum absolute atomic E-state index is 0.00593. The van der Waals surface area contributed by atoms with Gasteiger partial charge in [-0.2, -0.15) is 0 Å². The first-order valence-electron chi connectivity index (χ1n) is 7.07. The van der Waals surface area contributed by atoms with E-state index in [1.807, 2.05) is 24.3 Å². The number of carbonyl (C=O) groups excluding carboxylic acids is 2. The van der Waals surface area contributed by atoms with Crippen molar-refractivity contribution in [2.45, 2.75) is 31.8 Å². The maximum Gasteiger partial charge on any atom is 0.326 e. The van der Waals surface area contributed by atoms with Crippen molar-refractivity contribution in [1.82, 2.24) is 0 Å². The van der Waals surface area contributed by atoms with Crippen LogP contribution in [0.3, 0.4) is 0 Å². The highest BCUT2D eigenvalue weighted by Gasteiger charge is 2.27. The van der Waals surface area contributed by atoms with E-state index in [-0.39, 0.29) is 31.1 Å². The molecule has 106 valence electrons. The fourth-order valence-electron chi connectivity index (χ4n) is 2.79. The maximum atomic E-state index is 12.0. The number of fused-ring (bicyclic) bond motifs is 1. The van der Waals surface area contributed by atoms with E-state index >= 15 is 0 Å². The second-order valence-electron chi connectivity index (χ2n) is 5.25. The Bertz CT molecular complexity index is 524. The molecule has 3 rings (SSSR count). The van der Waals surface area contributed by atoms with Crippen LogP contribution in [0.4, 0.5) is 11.4 Å². The number of hydrogen-bond donors (Lipinski definition) is 1. The number of ether oxygens (including phenoxy) is 1. The lowest BCUT2D eigenvalue weighted by Crippen LogP contribution is -2.43. The summed E-state index contributed by atoms with van der Waals surface area (Å²) < 4.78 is 5.42. The Morgan fingerprint density at radius 3 is 2.85 bits per heavy atom. The number of hydrogen-bond acceptors (Lipinski definition) is 4. The van der Waals surface area contributed by atoms with Crippen molar-refractivity contribution in [3.8, 4) is 0 Å². The highest BCUT2D eigenvalue weighted by molar-refractivity contribution is 6.05. The van der Waals surface area contributed by atoms with Crippen LogP contribution in [0.25, 0.3) is 0 Å². The standard InChI is InChI=1S/C15H18N2O3/c18-14-9-16-12-7-3-4-8-13(12)17(14)10-15(19)20-11-5-1-2-6-11/h3-4,7-8,11,16H,1-2,5-6,9-10H2. The molecule has 1 fully saturated rings. The molecule has 0 atom stereocenters. The first kappa shape index (κ1) is 13.0. The number of nitrogens with zero attached hydrogens (tertiary/aromatic N) is 1. The molecule has 0 aromatic heterocycles. The van der Waals surface area contributed by atoms with Gasteiger partial charge in [-0.25, -0.2) is 0 Å². The molecule has 1 aliphatic carbocycles. The molecular formula is C15H18N2O3. The second-order valence-corrected chi connectivity index (χ2v) is 5.25. The molecule has 2 aliphatic rings. The van der Waals surface area contributed by atoms with Crippen molar-refractivity contribution < 1.29 is 14.3 Å². The van der Waals surface area contributed by atoms with Gasteiger partial charge < -0.3 is 10.1 Å². The van der Waals surface area contributed by atoms with Crippen LogP contribution in [-0.4, -0.2) is 31.1 Å². The number of para-hydroxylation sites is 2.